The van der Waals surface area contributed by atoms with Crippen LogP contribution >= 0.6 is 0 Å². The van der Waals surface area contributed by atoms with Gasteiger partial charge in [0, 0.05) is 13.1 Å². The molecule has 0 spiro atoms. The highest BCUT2D eigenvalue weighted by Gasteiger charge is 2.33. The molecule has 1 rings (SSSR count). The van der Waals surface area contributed by atoms with E-state index in [1.165, 1.54) is 4.31 Å². The Morgan fingerprint density at radius 2 is 2.23 bits per heavy atom. The van der Waals surface area contributed by atoms with E-state index in [0.717, 1.165) is 0 Å². The summed E-state index contributed by atoms with van der Waals surface area (Å²) in [7, 11) is -3.19. The fourth-order valence-electron chi connectivity index (χ4n) is 1.37. The number of carbonyl (C=O) groups is 1. The third kappa shape index (κ3) is 2.19. The SMILES string of the molecule is CCS(=O)(=O)N1CC[C@H](C(=O)O)C1. The van der Waals surface area contributed by atoms with Crippen molar-refractivity contribution in [1.29, 1.82) is 0 Å². The first-order chi connectivity index (χ1) is 5.97. The first kappa shape index (κ1) is 10.5. The summed E-state index contributed by atoms with van der Waals surface area (Å²) in [6.07, 6.45) is 0.425. The minimum absolute atomic E-state index is 0.0410. The molecule has 0 amide bonds. The van der Waals surface area contributed by atoms with Crippen molar-refractivity contribution in [3.05, 3.63) is 0 Å². The predicted octanol–water partition coefficient (Wildman–Crippen LogP) is -0.257. The standard InChI is InChI=1S/C7H13NO4S/c1-2-13(11,12)8-4-3-6(5-8)7(9)10/h6H,2-5H2,1H3,(H,9,10)/t6-/m0/s1. The van der Waals surface area contributed by atoms with E-state index in [9.17, 15) is 13.2 Å². The van der Waals surface area contributed by atoms with E-state index in [-0.39, 0.29) is 12.3 Å². The second kappa shape index (κ2) is 3.63. The molecule has 1 saturated heterocycles. The van der Waals surface area contributed by atoms with Crippen LogP contribution in [0.2, 0.25) is 0 Å². The van der Waals surface area contributed by atoms with Gasteiger partial charge in [-0.3, -0.25) is 4.79 Å². The van der Waals surface area contributed by atoms with Gasteiger partial charge in [0.15, 0.2) is 0 Å². The number of nitrogens with zero attached hydrogens (tertiary/aromatic N) is 1. The number of sulfonamides is 1. The Morgan fingerprint density at radius 1 is 1.62 bits per heavy atom. The predicted molar refractivity (Wildman–Crippen MR) is 46.8 cm³/mol. The quantitative estimate of drug-likeness (QED) is 0.692. The van der Waals surface area contributed by atoms with Crippen molar-refractivity contribution < 1.29 is 18.3 Å². The summed E-state index contributed by atoms with van der Waals surface area (Å²) in [5, 5.41) is 8.65. The van der Waals surface area contributed by atoms with Gasteiger partial charge in [-0.25, -0.2) is 12.7 Å². The van der Waals surface area contributed by atoms with Crippen LogP contribution in [-0.4, -0.2) is 42.6 Å². The molecule has 1 atom stereocenters. The number of rotatable bonds is 3. The van der Waals surface area contributed by atoms with Crippen LogP contribution in [0.5, 0.6) is 0 Å². The molecule has 0 aromatic heterocycles. The summed E-state index contributed by atoms with van der Waals surface area (Å²) in [4.78, 5) is 10.5. The summed E-state index contributed by atoms with van der Waals surface area (Å²) in [6, 6.07) is 0. The first-order valence-corrected chi connectivity index (χ1v) is 5.79. The summed E-state index contributed by atoms with van der Waals surface area (Å²) in [5.41, 5.74) is 0. The lowest BCUT2D eigenvalue weighted by Crippen LogP contribution is -2.31. The molecule has 5 nitrogen and oxygen atoms in total. The highest BCUT2D eigenvalue weighted by molar-refractivity contribution is 7.89. The third-order valence-corrected chi connectivity index (χ3v) is 4.11. The monoisotopic (exact) mass is 207 g/mol. The highest BCUT2D eigenvalue weighted by Crippen LogP contribution is 2.19. The largest absolute Gasteiger partial charge is 0.481 e. The molecule has 1 aliphatic heterocycles. The fourth-order valence-corrected chi connectivity index (χ4v) is 2.52. The van der Waals surface area contributed by atoms with Crippen LogP contribution in [-0.2, 0) is 14.8 Å². The van der Waals surface area contributed by atoms with E-state index < -0.39 is 21.9 Å². The molecule has 0 unspecified atom stereocenters. The van der Waals surface area contributed by atoms with E-state index in [4.69, 9.17) is 5.11 Å². The molecular formula is C7H13NO4S. The Morgan fingerprint density at radius 3 is 2.62 bits per heavy atom. The normalized spacial score (nSPS) is 24.8. The van der Waals surface area contributed by atoms with Crippen molar-refractivity contribution in [1.82, 2.24) is 4.31 Å². The zero-order chi connectivity index (χ0) is 10.1. The van der Waals surface area contributed by atoms with Crippen molar-refractivity contribution in [3.8, 4) is 0 Å². The number of hydrogen-bond donors (Lipinski definition) is 1. The third-order valence-electron chi connectivity index (χ3n) is 2.26. The molecule has 1 heterocycles. The van der Waals surface area contributed by atoms with Gasteiger partial charge in [0.1, 0.15) is 0 Å². The summed E-state index contributed by atoms with van der Waals surface area (Å²) in [5.74, 6) is -1.39. The average Bonchev–Trinajstić information content (AvgIpc) is 2.52. The minimum Gasteiger partial charge on any atom is -0.481 e. The lowest BCUT2D eigenvalue weighted by Gasteiger charge is -2.13. The van der Waals surface area contributed by atoms with Gasteiger partial charge < -0.3 is 5.11 Å². The lowest BCUT2D eigenvalue weighted by atomic mass is 10.1. The van der Waals surface area contributed by atoms with Gasteiger partial charge in [-0.05, 0) is 13.3 Å². The maximum atomic E-state index is 11.3. The molecule has 76 valence electrons. The Labute approximate surface area is 77.4 Å². The van der Waals surface area contributed by atoms with Gasteiger partial charge in [0.05, 0.1) is 11.7 Å². The molecule has 1 N–H and O–H groups in total. The molecule has 13 heavy (non-hydrogen) atoms. The topological polar surface area (TPSA) is 74.7 Å². The molecule has 0 radical (unpaired) electrons. The van der Waals surface area contributed by atoms with Crippen LogP contribution in [0.25, 0.3) is 0 Å². The van der Waals surface area contributed by atoms with Gasteiger partial charge in [-0.2, -0.15) is 0 Å². The minimum atomic E-state index is -3.19. The molecule has 0 saturated carbocycles. The van der Waals surface area contributed by atoms with Crippen LogP contribution in [0.4, 0.5) is 0 Å². The van der Waals surface area contributed by atoms with Gasteiger partial charge in [-0.15, -0.1) is 0 Å². The molecule has 1 aliphatic rings. The maximum Gasteiger partial charge on any atom is 0.307 e. The Balaban J connectivity index is 2.65. The number of carboxylic acids is 1. The van der Waals surface area contributed by atoms with Crippen LogP contribution in [0, 0.1) is 5.92 Å². The maximum absolute atomic E-state index is 11.3. The molecular weight excluding hydrogens is 194 g/mol. The van der Waals surface area contributed by atoms with Crippen molar-refractivity contribution in [2.45, 2.75) is 13.3 Å². The lowest BCUT2D eigenvalue weighted by molar-refractivity contribution is -0.141. The van der Waals surface area contributed by atoms with E-state index in [2.05, 4.69) is 0 Å². The van der Waals surface area contributed by atoms with Crippen molar-refractivity contribution in [3.63, 3.8) is 0 Å². The van der Waals surface area contributed by atoms with Crippen LogP contribution < -0.4 is 0 Å². The zero-order valence-corrected chi connectivity index (χ0v) is 8.25. The molecule has 1 fully saturated rings. The summed E-state index contributed by atoms with van der Waals surface area (Å²) in [6.45, 7) is 2.03. The Bertz CT molecular complexity index is 298. The second-order valence-electron chi connectivity index (χ2n) is 3.08. The highest BCUT2D eigenvalue weighted by atomic mass is 32.2. The number of hydrogen-bond acceptors (Lipinski definition) is 3. The Hall–Kier alpha value is -0.620. The first-order valence-electron chi connectivity index (χ1n) is 4.18. The fraction of sp³-hybridized carbons (Fsp3) is 0.857. The number of carboxylic acid groups (broad SMARTS) is 1. The summed E-state index contributed by atoms with van der Waals surface area (Å²) >= 11 is 0. The zero-order valence-electron chi connectivity index (χ0n) is 7.43. The Kier molecular flexibility index (Phi) is 2.92. The van der Waals surface area contributed by atoms with Gasteiger partial charge in [0.25, 0.3) is 0 Å². The van der Waals surface area contributed by atoms with E-state index in [0.29, 0.717) is 13.0 Å². The second-order valence-corrected chi connectivity index (χ2v) is 5.34. The van der Waals surface area contributed by atoms with Crippen LogP contribution in [0.1, 0.15) is 13.3 Å². The average molecular weight is 207 g/mol. The smallest absolute Gasteiger partial charge is 0.307 e. The van der Waals surface area contributed by atoms with E-state index >= 15 is 0 Å². The molecule has 0 bridgehead atoms. The number of aliphatic carboxylic acids is 1. The van der Waals surface area contributed by atoms with Gasteiger partial charge in [-0.1, -0.05) is 0 Å². The molecule has 0 aromatic carbocycles. The molecule has 0 aromatic rings. The van der Waals surface area contributed by atoms with E-state index in [1.54, 1.807) is 6.92 Å². The van der Waals surface area contributed by atoms with Crippen LogP contribution in [0.15, 0.2) is 0 Å². The van der Waals surface area contributed by atoms with Gasteiger partial charge in [0.2, 0.25) is 10.0 Å². The molecule has 0 aliphatic carbocycles. The van der Waals surface area contributed by atoms with Crippen LogP contribution in [0.3, 0.4) is 0 Å². The summed E-state index contributed by atoms with van der Waals surface area (Å²) < 4.78 is 23.9. The van der Waals surface area contributed by atoms with Gasteiger partial charge >= 0.3 is 5.97 Å². The van der Waals surface area contributed by atoms with Crippen molar-refractivity contribution >= 4 is 16.0 Å². The molecule has 6 heteroatoms. The van der Waals surface area contributed by atoms with Crippen molar-refractivity contribution in [2.75, 3.05) is 18.8 Å². The van der Waals surface area contributed by atoms with Crippen molar-refractivity contribution in [2.24, 2.45) is 5.92 Å². The van der Waals surface area contributed by atoms with E-state index in [1.807, 2.05) is 0 Å².